The van der Waals surface area contributed by atoms with Gasteiger partial charge in [-0.25, -0.2) is 0 Å². The number of hydrogen-bond donors (Lipinski definition) is 2. The maximum absolute atomic E-state index is 12.3. The zero-order valence-corrected chi connectivity index (χ0v) is 11.6. The van der Waals surface area contributed by atoms with Crippen molar-refractivity contribution in [3.05, 3.63) is 35.4 Å². The Kier molecular flexibility index (Phi) is 4.97. The van der Waals surface area contributed by atoms with Crippen LogP contribution in [0.3, 0.4) is 0 Å². The molecule has 0 heterocycles. The molecule has 2 rings (SSSR count). The Bertz CT molecular complexity index is 431. The normalized spacial score (nSPS) is 23.7. The molecule has 1 aliphatic carbocycles. The molecule has 1 aromatic rings. The number of hydrogen-bond acceptors (Lipinski definition) is 2. The molecule has 0 spiro atoms. The first-order valence-electron chi connectivity index (χ1n) is 7.19. The third-order valence-electron chi connectivity index (χ3n) is 4.10. The van der Waals surface area contributed by atoms with Gasteiger partial charge in [0.2, 0.25) is 0 Å². The maximum atomic E-state index is 12.3. The summed E-state index contributed by atoms with van der Waals surface area (Å²) in [4.78, 5) is 12.3. The number of aryl methyl sites for hydroxylation is 1. The minimum absolute atomic E-state index is 0.0107. The van der Waals surface area contributed by atoms with Crippen molar-refractivity contribution in [3.8, 4) is 0 Å². The fraction of sp³-hybridized carbons (Fsp3) is 0.562. The van der Waals surface area contributed by atoms with Crippen LogP contribution in [0.15, 0.2) is 24.3 Å². The van der Waals surface area contributed by atoms with Crippen molar-refractivity contribution in [3.63, 3.8) is 0 Å². The first kappa shape index (κ1) is 14.1. The van der Waals surface area contributed by atoms with E-state index in [0.717, 1.165) is 36.8 Å². The molecule has 104 valence electrons. The van der Waals surface area contributed by atoms with Gasteiger partial charge in [-0.1, -0.05) is 37.5 Å². The van der Waals surface area contributed by atoms with Crippen LogP contribution in [0.2, 0.25) is 0 Å². The topological polar surface area (TPSA) is 49.3 Å². The van der Waals surface area contributed by atoms with Crippen LogP contribution >= 0.6 is 0 Å². The summed E-state index contributed by atoms with van der Waals surface area (Å²) in [6, 6.07) is 7.74. The van der Waals surface area contributed by atoms with Crippen molar-refractivity contribution in [2.45, 2.75) is 45.1 Å². The fourth-order valence-corrected chi connectivity index (χ4v) is 2.87. The van der Waals surface area contributed by atoms with Crippen molar-refractivity contribution in [1.82, 2.24) is 5.32 Å². The minimum Gasteiger partial charge on any atom is -0.396 e. The van der Waals surface area contributed by atoms with Crippen LogP contribution in [0.5, 0.6) is 0 Å². The van der Waals surface area contributed by atoms with Crippen molar-refractivity contribution >= 4 is 5.91 Å². The van der Waals surface area contributed by atoms with Gasteiger partial charge in [0.1, 0.15) is 0 Å². The average Bonchev–Trinajstić information content (AvgIpc) is 2.64. The highest BCUT2D eigenvalue weighted by molar-refractivity contribution is 5.95. The molecule has 1 aromatic carbocycles. The molecular formula is C16H23NO2. The second-order valence-electron chi connectivity index (χ2n) is 5.48. The number of carbonyl (C=O) groups is 1. The number of carbonyl (C=O) groups excluding carboxylic acids is 1. The highest BCUT2D eigenvalue weighted by atomic mass is 16.3. The van der Waals surface area contributed by atoms with E-state index in [9.17, 15) is 9.90 Å². The Labute approximate surface area is 115 Å². The van der Waals surface area contributed by atoms with Crippen LogP contribution < -0.4 is 5.32 Å². The lowest BCUT2D eigenvalue weighted by Crippen LogP contribution is -2.41. The lowest BCUT2D eigenvalue weighted by molar-refractivity contribution is 0.0899. The van der Waals surface area contributed by atoms with Gasteiger partial charge in [0.05, 0.1) is 0 Å². The summed E-state index contributed by atoms with van der Waals surface area (Å²) in [5, 5.41) is 12.6. The molecule has 2 N–H and O–H groups in total. The van der Waals surface area contributed by atoms with Crippen LogP contribution in [0.1, 0.15) is 48.0 Å². The van der Waals surface area contributed by atoms with E-state index in [1.165, 1.54) is 6.42 Å². The molecule has 0 aliphatic heterocycles. The van der Waals surface area contributed by atoms with E-state index >= 15 is 0 Å². The van der Waals surface area contributed by atoms with Gasteiger partial charge in [0.15, 0.2) is 0 Å². The van der Waals surface area contributed by atoms with E-state index in [1.54, 1.807) is 0 Å². The van der Waals surface area contributed by atoms with Crippen molar-refractivity contribution in [2.75, 3.05) is 6.61 Å². The van der Waals surface area contributed by atoms with Crippen LogP contribution in [-0.4, -0.2) is 23.7 Å². The molecule has 1 amide bonds. The maximum Gasteiger partial charge on any atom is 0.251 e. The van der Waals surface area contributed by atoms with Crippen molar-refractivity contribution in [2.24, 2.45) is 5.92 Å². The van der Waals surface area contributed by atoms with Crippen LogP contribution in [0, 0.1) is 12.8 Å². The van der Waals surface area contributed by atoms with Gasteiger partial charge < -0.3 is 10.4 Å². The largest absolute Gasteiger partial charge is 0.396 e. The fourth-order valence-electron chi connectivity index (χ4n) is 2.87. The summed E-state index contributed by atoms with van der Waals surface area (Å²) in [5.41, 5.74) is 1.73. The van der Waals surface area contributed by atoms with E-state index in [-0.39, 0.29) is 24.5 Å². The van der Waals surface area contributed by atoms with Gasteiger partial charge in [0.25, 0.3) is 5.91 Å². The number of aliphatic hydroxyl groups excluding tert-OH is 1. The second kappa shape index (κ2) is 6.71. The van der Waals surface area contributed by atoms with E-state index in [0.29, 0.717) is 0 Å². The lowest BCUT2D eigenvalue weighted by atomic mass is 9.95. The summed E-state index contributed by atoms with van der Waals surface area (Å²) in [7, 11) is 0. The van der Waals surface area contributed by atoms with E-state index in [4.69, 9.17) is 0 Å². The zero-order valence-electron chi connectivity index (χ0n) is 11.6. The van der Waals surface area contributed by atoms with Gasteiger partial charge in [-0.3, -0.25) is 4.79 Å². The number of benzene rings is 1. The average molecular weight is 261 g/mol. The Morgan fingerprint density at radius 2 is 2.00 bits per heavy atom. The smallest absolute Gasteiger partial charge is 0.251 e. The molecule has 2 unspecified atom stereocenters. The standard InChI is InChI=1S/C16H23NO2/c1-12-7-5-6-9-14(12)16(19)17-15-10-4-2-3-8-13(15)11-18/h5-7,9,13,15,18H,2-4,8,10-11H2,1H3,(H,17,19). The van der Waals surface area contributed by atoms with Crippen LogP contribution in [0.4, 0.5) is 0 Å². The molecule has 1 aliphatic rings. The summed E-state index contributed by atoms with van der Waals surface area (Å²) in [6.45, 7) is 2.12. The molecule has 3 nitrogen and oxygen atoms in total. The monoisotopic (exact) mass is 261 g/mol. The van der Waals surface area contributed by atoms with Gasteiger partial charge in [-0.05, 0) is 31.4 Å². The predicted octanol–water partition coefficient (Wildman–Crippen LogP) is 2.67. The van der Waals surface area contributed by atoms with Crippen molar-refractivity contribution in [1.29, 1.82) is 0 Å². The molecule has 0 aromatic heterocycles. The molecular weight excluding hydrogens is 238 g/mol. The van der Waals surface area contributed by atoms with Gasteiger partial charge in [-0.15, -0.1) is 0 Å². The number of nitrogens with one attached hydrogen (secondary N) is 1. The molecule has 0 radical (unpaired) electrons. The third-order valence-corrected chi connectivity index (χ3v) is 4.10. The molecule has 0 bridgehead atoms. The quantitative estimate of drug-likeness (QED) is 0.822. The second-order valence-corrected chi connectivity index (χ2v) is 5.48. The van der Waals surface area contributed by atoms with E-state index in [1.807, 2.05) is 31.2 Å². The molecule has 19 heavy (non-hydrogen) atoms. The van der Waals surface area contributed by atoms with Crippen LogP contribution in [0.25, 0.3) is 0 Å². The summed E-state index contributed by atoms with van der Waals surface area (Å²) < 4.78 is 0. The van der Waals surface area contributed by atoms with Crippen LogP contribution in [-0.2, 0) is 0 Å². The lowest BCUT2D eigenvalue weighted by Gasteiger charge is -2.24. The summed E-state index contributed by atoms with van der Waals surface area (Å²) in [5.74, 6) is 0.193. The van der Waals surface area contributed by atoms with Crippen molar-refractivity contribution < 1.29 is 9.90 Å². The first-order chi connectivity index (χ1) is 9.22. The predicted molar refractivity (Wildman–Crippen MR) is 76.1 cm³/mol. The molecule has 1 saturated carbocycles. The third kappa shape index (κ3) is 3.57. The Hall–Kier alpha value is -1.35. The van der Waals surface area contributed by atoms with Gasteiger partial charge in [-0.2, -0.15) is 0 Å². The molecule has 1 fully saturated rings. The first-order valence-corrected chi connectivity index (χ1v) is 7.19. The SMILES string of the molecule is Cc1ccccc1C(=O)NC1CCCCCC1CO. The molecule has 2 atom stereocenters. The highest BCUT2D eigenvalue weighted by Gasteiger charge is 2.25. The Morgan fingerprint density at radius 3 is 2.74 bits per heavy atom. The minimum atomic E-state index is -0.0107. The summed E-state index contributed by atoms with van der Waals surface area (Å²) in [6.07, 6.45) is 5.47. The summed E-state index contributed by atoms with van der Waals surface area (Å²) >= 11 is 0. The molecule has 3 heteroatoms. The molecule has 0 saturated heterocycles. The van der Waals surface area contributed by atoms with Gasteiger partial charge >= 0.3 is 0 Å². The zero-order chi connectivity index (χ0) is 13.7. The number of aliphatic hydroxyl groups is 1. The van der Waals surface area contributed by atoms with Gasteiger partial charge in [0, 0.05) is 24.1 Å². The van der Waals surface area contributed by atoms with E-state index in [2.05, 4.69) is 5.32 Å². The Balaban J connectivity index is 2.06. The highest BCUT2D eigenvalue weighted by Crippen LogP contribution is 2.23. The Morgan fingerprint density at radius 1 is 1.26 bits per heavy atom. The van der Waals surface area contributed by atoms with E-state index < -0.39 is 0 Å². The number of amides is 1. The number of rotatable bonds is 3.